The Morgan fingerprint density at radius 1 is 0.833 bits per heavy atom. The molecule has 1 rings (SSSR count). The van der Waals surface area contributed by atoms with Gasteiger partial charge in [0, 0.05) is 6.42 Å². The first-order chi connectivity index (χ1) is 16.8. The number of hydrogen-bond acceptors (Lipinski definition) is 7. The Kier molecular flexibility index (Phi) is 12.0. The van der Waals surface area contributed by atoms with Crippen LogP contribution in [0.15, 0.2) is 30.3 Å². The Labute approximate surface area is 208 Å². The number of amides is 5. The van der Waals surface area contributed by atoms with E-state index >= 15 is 0 Å². The molecule has 5 amide bonds. The second-order valence-electron chi connectivity index (χ2n) is 8.66. The zero-order chi connectivity index (χ0) is 27.4. The Bertz CT molecular complexity index is 954. The third-order valence-electron chi connectivity index (χ3n) is 5.21. The maximum Gasteiger partial charge on any atom is 0.326 e. The van der Waals surface area contributed by atoms with Gasteiger partial charge in [-0.3, -0.25) is 24.0 Å². The molecule has 0 aliphatic heterocycles. The fourth-order valence-corrected chi connectivity index (χ4v) is 3.24. The van der Waals surface area contributed by atoms with Crippen molar-refractivity contribution in [1.29, 1.82) is 0 Å². The van der Waals surface area contributed by atoms with Crippen molar-refractivity contribution >= 4 is 35.5 Å². The van der Waals surface area contributed by atoms with Gasteiger partial charge >= 0.3 is 5.97 Å². The molecule has 0 aliphatic rings. The van der Waals surface area contributed by atoms with Crippen LogP contribution in [0.4, 0.5) is 0 Å². The van der Waals surface area contributed by atoms with Crippen molar-refractivity contribution in [3.8, 4) is 0 Å². The van der Waals surface area contributed by atoms with Crippen LogP contribution in [0.5, 0.6) is 0 Å². The van der Waals surface area contributed by atoms with Gasteiger partial charge in [0.25, 0.3) is 0 Å². The minimum Gasteiger partial charge on any atom is -0.480 e. The van der Waals surface area contributed by atoms with Gasteiger partial charge in [0.15, 0.2) is 0 Å². The highest BCUT2D eigenvalue weighted by molar-refractivity contribution is 5.96. The number of rotatable bonds is 15. The molecule has 0 fully saturated rings. The summed E-state index contributed by atoms with van der Waals surface area (Å²) in [6.45, 7) is 3.20. The summed E-state index contributed by atoms with van der Waals surface area (Å²) in [5.74, 6) is -5.93. The monoisotopic (exact) mass is 506 g/mol. The van der Waals surface area contributed by atoms with E-state index in [1.54, 1.807) is 44.2 Å². The fourth-order valence-electron chi connectivity index (χ4n) is 3.24. The zero-order valence-corrected chi connectivity index (χ0v) is 20.2. The molecule has 0 spiro atoms. The van der Waals surface area contributed by atoms with Crippen molar-refractivity contribution in [2.24, 2.45) is 23.1 Å². The number of benzene rings is 1. The Hall–Kier alpha value is -4.00. The van der Waals surface area contributed by atoms with Crippen LogP contribution in [0.1, 0.15) is 38.7 Å². The third kappa shape index (κ3) is 10.5. The van der Waals surface area contributed by atoms with E-state index in [4.69, 9.17) is 17.2 Å². The molecule has 1 aromatic carbocycles. The van der Waals surface area contributed by atoms with Crippen molar-refractivity contribution in [2.75, 3.05) is 0 Å². The van der Waals surface area contributed by atoms with Crippen LogP contribution in [0, 0.1) is 5.92 Å². The van der Waals surface area contributed by atoms with Gasteiger partial charge in [-0.2, -0.15) is 0 Å². The van der Waals surface area contributed by atoms with Crippen molar-refractivity contribution in [2.45, 2.75) is 63.7 Å². The lowest BCUT2D eigenvalue weighted by Crippen LogP contribution is -2.59. The molecule has 36 heavy (non-hydrogen) atoms. The van der Waals surface area contributed by atoms with Crippen LogP contribution >= 0.6 is 0 Å². The molecule has 13 nitrogen and oxygen atoms in total. The zero-order valence-electron chi connectivity index (χ0n) is 20.2. The second-order valence-corrected chi connectivity index (χ2v) is 8.66. The van der Waals surface area contributed by atoms with Gasteiger partial charge in [0.1, 0.15) is 18.1 Å². The largest absolute Gasteiger partial charge is 0.480 e. The summed E-state index contributed by atoms with van der Waals surface area (Å²) < 4.78 is 0. The number of carboxylic acid groups (broad SMARTS) is 1. The van der Waals surface area contributed by atoms with Crippen molar-refractivity contribution in [3.63, 3.8) is 0 Å². The summed E-state index contributed by atoms with van der Waals surface area (Å²) in [6.07, 6.45) is -0.893. The predicted octanol–water partition coefficient (Wildman–Crippen LogP) is -2.11. The third-order valence-corrected chi connectivity index (χ3v) is 5.21. The van der Waals surface area contributed by atoms with Gasteiger partial charge in [0.2, 0.25) is 29.5 Å². The van der Waals surface area contributed by atoms with Crippen LogP contribution in [0.3, 0.4) is 0 Å². The first-order valence-electron chi connectivity index (χ1n) is 11.3. The summed E-state index contributed by atoms with van der Waals surface area (Å²) >= 11 is 0. The summed E-state index contributed by atoms with van der Waals surface area (Å²) in [4.78, 5) is 72.2. The van der Waals surface area contributed by atoms with E-state index in [9.17, 15) is 33.9 Å². The van der Waals surface area contributed by atoms with E-state index in [2.05, 4.69) is 16.0 Å². The van der Waals surface area contributed by atoms with Crippen LogP contribution < -0.4 is 33.2 Å². The van der Waals surface area contributed by atoms with E-state index in [0.29, 0.717) is 0 Å². The first kappa shape index (κ1) is 30.0. The highest BCUT2D eigenvalue weighted by atomic mass is 16.4. The van der Waals surface area contributed by atoms with Crippen LogP contribution in [0.25, 0.3) is 0 Å². The molecule has 0 radical (unpaired) electrons. The molecule has 198 valence electrons. The van der Waals surface area contributed by atoms with Gasteiger partial charge < -0.3 is 38.3 Å². The number of nitrogens with one attached hydrogen (secondary N) is 3. The molecule has 13 heteroatoms. The lowest BCUT2D eigenvalue weighted by Gasteiger charge is -2.26. The lowest BCUT2D eigenvalue weighted by atomic mass is 10.0. The van der Waals surface area contributed by atoms with Gasteiger partial charge in [-0.05, 0) is 24.3 Å². The highest BCUT2D eigenvalue weighted by Gasteiger charge is 2.32. The number of carbonyl (C=O) groups is 6. The number of hydrogen-bond donors (Lipinski definition) is 7. The quantitative estimate of drug-likeness (QED) is 0.139. The van der Waals surface area contributed by atoms with Gasteiger partial charge in [0.05, 0.1) is 12.5 Å². The average molecular weight is 507 g/mol. The molecular formula is C23H34N6O7. The van der Waals surface area contributed by atoms with Crippen LogP contribution in [-0.2, 0) is 35.2 Å². The SMILES string of the molecule is CC(C)C(NC(=O)C(CC(N)=O)NC(=O)C(N)Cc1ccccc1)C(=O)NC(CCC(N)=O)C(=O)O. The number of carboxylic acids is 1. The van der Waals surface area contributed by atoms with E-state index in [1.165, 1.54) is 0 Å². The molecule has 0 heterocycles. The Morgan fingerprint density at radius 3 is 1.92 bits per heavy atom. The molecule has 0 aliphatic carbocycles. The lowest BCUT2D eigenvalue weighted by molar-refractivity contribution is -0.143. The first-order valence-corrected chi connectivity index (χ1v) is 11.3. The van der Waals surface area contributed by atoms with Crippen molar-refractivity contribution in [1.82, 2.24) is 16.0 Å². The van der Waals surface area contributed by atoms with Crippen LogP contribution in [0.2, 0.25) is 0 Å². The number of carbonyl (C=O) groups excluding carboxylic acids is 5. The molecule has 0 bridgehead atoms. The fraction of sp³-hybridized carbons (Fsp3) is 0.478. The molecule has 1 aromatic rings. The molecule has 4 unspecified atom stereocenters. The molecule has 10 N–H and O–H groups in total. The molecule has 0 saturated heterocycles. The number of nitrogens with two attached hydrogens (primary N) is 3. The summed E-state index contributed by atoms with van der Waals surface area (Å²) in [7, 11) is 0. The maximum atomic E-state index is 12.9. The molecule has 0 saturated carbocycles. The number of aliphatic carboxylic acids is 1. The standard InChI is InChI=1S/C23H34N6O7/c1-12(2)19(22(34)27-15(23(35)36)8-9-17(25)30)29-21(33)16(11-18(26)31)28-20(32)14(24)10-13-6-4-3-5-7-13/h3-7,12,14-16,19H,8-11,24H2,1-2H3,(H2,25,30)(H2,26,31)(H,27,34)(H,28,32)(H,29,33)(H,35,36). The van der Waals surface area contributed by atoms with E-state index in [1.807, 2.05) is 0 Å². The van der Waals surface area contributed by atoms with Crippen molar-refractivity contribution < 1.29 is 33.9 Å². The normalized spacial score (nSPS) is 14.1. The smallest absolute Gasteiger partial charge is 0.326 e. The van der Waals surface area contributed by atoms with Crippen molar-refractivity contribution in [3.05, 3.63) is 35.9 Å². The predicted molar refractivity (Wildman–Crippen MR) is 129 cm³/mol. The minimum absolute atomic E-state index is 0.177. The molecule has 4 atom stereocenters. The maximum absolute atomic E-state index is 12.9. The molecule has 0 aromatic heterocycles. The minimum atomic E-state index is -1.42. The van der Waals surface area contributed by atoms with E-state index in [0.717, 1.165) is 5.56 Å². The van der Waals surface area contributed by atoms with Crippen LogP contribution in [-0.4, -0.2) is 64.8 Å². The van der Waals surface area contributed by atoms with Gasteiger partial charge in [-0.1, -0.05) is 44.2 Å². The Morgan fingerprint density at radius 2 is 1.42 bits per heavy atom. The average Bonchev–Trinajstić information content (AvgIpc) is 2.79. The second kappa shape index (κ2) is 14.4. The summed E-state index contributed by atoms with van der Waals surface area (Å²) in [5.41, 5.74) is 17.0. The van der Waals surface area contributed by atoms with E-state index in [-0.39, 0.29) is 19.3 Å². The van der Waals surface area contributed by atoms with E-state index < -0.39 is 72.0 Å². The Balaban J connectivity index is 2.92. The van der Waals surface area contributed by atoms with Gasteiger partial charge in [-0.15, -0.1) is 0 Å². The summed E-state index contributed by atoms with van der Waals surface area (Å²) in [5, 5.41) is 16.4. The summed E-state index contributed by atoms with van der Waals surface area (Å²) in [6, 6.07) is 3.84. The number of primary amides is 2. The molecular weight excluding hydrogens is 472 g/mol. The highest BCUT2D eigenvalue weighted by Crippen LogP contribution is 2.07. The van der Waals surface area contributed by atoms with Gasteiger partial charge in [-0.25, -0.2) is 4.79 Å². The topological polar surface area (TPSA) is 237 Å².